The topological polar surface area (TPSA) is 147 Å². The Morgan fingerprint density at radius 2 is 1.93 bits per heavy atom. The lowest BCUT2D eigenvalue weighted by atomic mass is 9.81. The zero-order chi connectivity index (χ0) is 29.2. The molecule has 11 nitrogen and oxygen atoms in total. The van der Waals surface area contributed by atoms with Gasteiger partial charge in [0.25, 0.3) is 0 Å². The predicted molar refractivity (Wildman–Crippen MR) is 152 cm³/mol. The van der Waals surface area contributed by atoms with Crippen molar-refractivity contribution in [3.63, 3.8) is 0 Å². The van der Waals surface area contributed by atoms with Crippen molar-refractivity contribution in [1.82, 2.24) is 30.5 Å². The van der Waals surface area contributed by atoms with E-state index in [0.29, 0.717) is 34.0 Å². The van der Waals surface area contributed by atoms with Crippen molar-refractivity contribution < 1.29 is 24.2 Å². The van der Waals surface area contributed by atoms with Crippen LogP contribution in [0.2, 0.25) is 0 Å². The molecular weight excluding hydrogens is 532 g/mol. The number of aromatic nitrogens is 3. The molecular formula is C28H36N6O5S. The van der Waals surface area contributed by atoms with Crippen LogP contribution in [-0.2, 0) is 9.59 Å². The maximum Gasteiger partial charge on any atom is 0.326 e. The molecule has 3 N–H and O–H groups in total. The number of pyridine rings is 1. The van der Waals surface area contributed by atoms with Crippen LogP contribution in [0.4, 0.5) is 4.79 Å². The lowest BCUT2D eigenvalue weighted by Crippen LogP contribution is -2.60. The summed E-state index contributed by atoms with van der Waals surface area (Å²) < 4.78 is 6.28. The van der Waals surface area contributed by atoms with Gasteiger partial charge < -0.3 is 25.4 Å². The molecule has 0 spiro atoms. The fourth-order valence-corrected chi connectivity index (χ4v) is 5.27. The number of likely N-dealkylation sites (tertiary alicyclic amines) is 1. The van der Waals surface area contributed by atoms with Gasteiger partial charge in [0.2, 0.25) is 11.8 Å². The summed E-state index contributed by atoms with van der Waals surface area (Å²) in [4.78, 5) is 54.5. The van der Waals surface area contributed by atoms with Crippen molar-refractivity contribution in [1.29, 1.82) is 0 Å². The van der Waals surface area contributed by atoms with Gasteiger partial charge in [-0.05, 0) is 56.2 Å². The molecule has 1 saturated heterocycles. The van der Waals surface area contributed by atoms with E-state index in [2.05, 4.69) is 25.6 Å². The third kappa shape index (κ3) is 6.49. The number of thiophene rings is 1. The van der Waals surface area contributed by atoms with Gasteiger partial charge in [0.05, 0.1) is 11.9 Å². The first-order valence-electron chi connectivity index (χ1n) is 13.2. The minimum atomic E-state index is -1.14. The maximum absolute atomic E-state index is 13.9. The van der Waals surface area contributed by atoms with E-state index in [0.717, 1.165) is 0 Å². The maximum atomic E-state index is 13.9. The molecule has 1 aliphatic heterocycles. The molecule has 0 bridgehead atoms. The quantitative estimate of drug-likeness (QED) is 0.368. The molecule has 40 heavy (non-hydrogen) atoms. The smallest absolute Gasteiger partial charge is 0.326 e. The highest BCUT2D eigenvalue weighted by atomic mass is 32.1. The number of carboxylic acids is 1. The number of carboxylic acid groups (broad SMARTS) is 1. The largest absolute Gasteiger partial charge is 0.480 e. The van der Waals surface area contributed by atoms with E-state index >= 15 is 0 Å². The van der Waals surface area contributed by atoms with Crippen molar-refractivity contribution in [2.75, 3.05) is 6.54 Å². The zero-order valence-electron chi connectivity index (χ0n) is 23.6. The molecule has 3 atom stereocenters. The van der Waals surface area contributed by atoms with Crippen LogP contribution < -0.4 is 15.4 Å². The number of hydrogen-bond acceptors (Lipinski definition) is 8. The summed E-state index contributed by atoms with van der Waals surface area (Å²) in [5, 5.41) is 18.3. The lowest BCUT2D eigenvalue weighted by molar-refractivity contribution is -0.150. The first-order chi connectivity index (χ1) is 18.8. The van der Waals surface area contributed by atoms with E-state index in [4.69, 9.17) is 4.74 Å². The fourth-order valence-electron chi connectivity index (χ4n) is 4.52. The molecule has 214 valence electrons. The summed E-state index contributed by atoms with van der Waals surface area (Å²) in [7, 11) is 0. The highest BCUT2D eigenvalue weighted by Crippen LogP contribution is 2.33. The molecule has 4 heterocycles. The highest BCUT2D eigenvalue weighted by Gasteiger charge is 2.46. The molecule has 4 rings (SSSR count). The van der Waals surface area contributed by atoms with E-state index in [9.17, 15) is 19.5 Å². The Morgan fingerprint density at radius 3 is 2.55 bits per heavy atom. The first kappa shape index (κ1) is 29.2. The number of fused-ring (bicyclic) bond motifs is 1. The van der Waals surface area contributed by atoms with E-state index < -0.39 is 47.0 Å². The van der Waals surface area contributed by atoms with Crippen LogP contribution >= 0.6 is 11.3 Å². The average Bonchev–Trinajstić information content (AvgIpc) is 3.54. The van der Waals surface area contributed by atoms with Crippen LogP contribution in [0.25, 0.3) is 21.7 Å². The monoisotopic (exact) mass is 568 g/mol. The van der Waals surface area contributed by atoms with Crippen molar-refractivity contribution in [2.45, 2.75) is 78.1 Å². The number of carbonyl (C=O) groups excluding carboxylic acids is 2. The molecule has 1 fully saturated rings. The average molecular weight is 569 g/mol. The molecule has 0 aliphatic carbocycles. The van der Waals surface area contributed by atoms with Gasteiger partial charge in [-0.1, -0.05) is 26.8 Å². The first-order valence-corrected chi connectivity index (χ1v) is 14.1. The number of ether oxygens (including phenoxy) is 1. The Bertz CT molecular complexity index is 1390. The summed E-state index contributed by atoms with van der Waals surface area (Å²) in [6.45, 7) is 11.2. The molecule has 0 saturated carbocycles. The molecule has 12 heteroatoms. The summed E-state index contributed by atoms with van der Waals surface area (Å²) in [5.74, 6) is -0.898. The van der Waals surface area contributed by atoms with Crippen molar-refractivity contribution in [3.05, 3.63) is 35.8 Å². The van der Waals surface area contributed by atoms with Crippen LogP contribution in [0, 0.1) is 5.41 Å². The summed E-state index contributed by atoms with van der Waals surface area (Å²) >= 11 is 1.43. The van der Waals surface area contributed by atoms with Crippen molar-refractivity contribution >= 4 is 39.5 Å². The van der Waals surface area contributed by atoms with E-state index in [1.54, 1.807) is 18.3 Å². The number of aliphatic carboxylic acids is 1. The standard InChI is InChI=1S/C28H36N6O5S/c1-7-28(5,6)20(30-26(38)33-27(2,3)4)24(35)34-15-16(14-19(34)25(36)37)39-22-17-11-13-40-23(17)32-21(31-22)18-10-8-9-12-29-18/h8-13,16,19-20H,7,14-15H2,1-6H3,(H,36,37)(H2,30,33,38)/t16?,19?,20-/m1/s1. The normalized spacial score (nSPS) is 18.4. The predicted octanol–water partition coefficient (Wildman–Crippen LogP) is 4.09. The number of amides is 3. The Hall–Kier alpha value is -3.80. The molecule has 3 aromatic rings. The molecule has 3 aromatic heterocycles. The van der Waals surface area contributed by atoms with E-state index in [1.807, 2.05) is 59.1 Å². The van der Waals surface area contributed by atoms with Crippen molar-refractivity contribution in [3.8, 4) is 17.4 Å². The van der Waals surface area contributed by atoms with Gasteiger partial charge in [0, 0.05) is 18.2 Å². The second-order valence-corrected chi connectivity index (χ2v) is 12.5. The number of nitrogens with one attached hydrogen (secondary N) is 2. The molecule has 1 aliphatic rings. The third-order valence-corrected chi connectivity index (χ3v) is 7.80. The minimum Gasteiger partial charge on any atom is -0.480 e. The Kier molecular flexibility index (Phi) is 8.29. The van der Waals surface area contributed by atoms with Crippen LogP contribution in [0.3, 0.4) is 0 Å². The summed E-state index contributed by atoms with van der Waals surface area (Å²) in [6, 6.07) is 4.74. The van der Waals surface area contributed by atoms with Crippen LogP contribution in [0.15, 0.2) is 35.8 Å². The van der Waals surface area contributed by atoms with Gasteiger partial charge in [0.1, 0.15) is 28.7 Å². The number of nitrogens with zero attached hydrogens (tertiary/aromatic N) is 4. The number of carbonyl (C=O) groups is 3. The Balaban J connectivity index is 1.61. The second-order valence-electron chi connectivity index (χ2n) is 11.7. The van der Waals surface area contributed by atoms with Gasteiger partial charge in [-0.15, -0.1) is 11.3 Å². The molecule has 0 radical (unpaired) electrons. The molecule has 3 amide bonds. The Morgan fingerprint density at radius 1 is 1.18 bits per heavy atom. The fraction of sp³-hybridized carbons (Fsp3) is 0.500. The van der Waals surface area contributed by atoms with Crippen molar-refractivity contribution in [2.24, 2.45) is 5.41 Å². The zero-order valence-corrected chi connectivity index (χ0v) is 24.4. The van der Waals surface area contributed by atoms with Crippen LogP contribution in [0.5, 0.6) is 5.88 Å². The minimum absolute atomic E-state index is 0.0310. The highest BCUT2D eigenvalue weighted by molar-refractivity contribution is 7.16. The van der Waals surface area contributed by atoms with Gasteiger partial charge in [-0.25, -0.2) is 14.6 Å². The van der Waals surface area contributed by atoms with Gasteiger partial charge in [-0.3, -0.25) is 9.78 Å². The molecule has 0 aromatic carbocycles. The number of rotatable bonds is 8. The summed E-state index contributed by atoms with van der Waals surface area (Å²) in [6.07, 6.45) is 1.68. The SMILES string of the molecule is CCC(C)(C)[C@H](NC(=O)NC(C)(C)C)C(=O)N1CC(Oc2nc(-c3ccccn3)nc3sccc23)CC1C(=O)O. The second kappa shape index (κ2) is 11.4. The van der Waals surface area contributed by atoms with Crippen LogP contribution in [-0.4, -0.2) is 73.1 Å². The van der Waals surface area contributed by atoms with Gasteiger partial charge in [0.15, 0.2) is 5.82 Å². The number of hydrogen-bond donors (Lipinski definition) is 3. The third-order valence-electron chi connectivity index (χ3n) is 7.00. The molecule has 2 unspecified atom stereocenters. The van der Waals surface area contributed by atoms with E-state index in [-0.39, 0.29) is 13.0 Å². The van der Waals surface area contributed by atoms with Gasteiger partial charge in [-0.2, -0.15) is 4.98 Å². The van der Waals surface area contributed by atoms with Gasteiger partial charge >= 0.3 is 12.0 Å². The van der Waals surface area contributed by atoms with Crippen LogP contribution in [0.1, 0.15) is 54.4 Å². The lowest BCUT2D eigenvalue weighted by Gasteiger charge is -2.37. The Labute approximate surface area is 237 Å². The summed E-state index contributed by atoms with van der Waals surface area (Å²) in [5.41, 5.74) is -0.567. The number of urea groups is 1. The van der Waals surface area contributed by atoms with E-state index in [1.165, 1.54) is 16.2 Å².